The van der Waals surface area contributed by atoms with E-state index in [-0.39, 0.29) is 39.2 Å². The van der Waals surface area contributed by atoms with Crippen molar-refractivity contribution in [3.63, 3.8) is 0 Å². The van der Waals surface area contributed by atoms with Gasteiger partial charge in [0.15, 0.2) is 0 Å². The number of sulfonamides is 1. The molecule has 0 bridgehead atoms. The summed E-state index contributed by atoms with van der Waals surface area (Å²) in [6.07, 6.45) is -1.14. The number of alkyl halides is 3. The average molecular weight is 611 g/mol. The molecule has 0 unspecified atom stereocenters. The Labute approximate surface area is 236 Å². The standard InChI is InChI=1S/C25H19ClF4N6O4S/c1-31-24(37)36(22-7-5-15(13-34-22)41(38,39)35-23-32-8-3-9-33-23)20-12-19(27)16(11-21(20)40-2)14-4-6-18(26)17(10-14)25(28,29)30/h3-13H,1-2H3,(H,31,37)(H,32,33,35). The lowest BCUT2D eigenvalue weighted by molar-refractivity contribution is -0.137. The van der Waals surface area contributed by atoms with Gasteiger partial charge in [0.1, 0.15) is 22.3 Å². The number of nitrogens with one attached hydrogen (secondary N) is 2. The first-order valence-electron chi connectivity index (χ1n) is 11.4. The number of benzene rings is 2. The summed E-state index contributed by atoms with van der Waals surface area (Å²) in [5.74, 6) is -1.39. The third-order valence-electron chi connectivity index (χ3n) is 5.56. The van der Waals surface area contributed by atoms with Crippen LogP contribution in [0.1, 0.15) is 5.56 Å². The monoisotopic (exact) mass is 610 g/mol. The molecule has 2 aromatic carbocycles. The van der Waals surface area contributed by atoms with Crippen LogP contribution in [0, 0.1) is 5.82 Å². The normalized spacial score (nSPS) is 11.6. The lowest BCUT2D eigenvalue weighted by Crippen LogP contribution is -2.35. The van der Waals surface area contributed by atoms with E-state index in [1.165, 1.54) is 44.8 Å². The molecule has 41 heavy (non-hydrogen) atoms. The zero-order valence-electron chi connectivity index (χ0n) is 21.1. The highest BCUT2D eigenvalue weighted by atomic mass is 35.5. The van der Waals surface area contributed by atoms with Gasteiger partial charge in [-0.1, -0.05) is 17.7 Å². The van der Waals surface area contributed by atoms with E-state index in [4.69, 9.17) is 16.3 Å². The van der Waals surface area contributed by atoms with Crippen LogP contribution < -0.4 is 19.7 Å². The third kappa shape index (κ3) is 6.30. The second-order valence-corrected chi connectivity index (χ2v) is 10.2. The molecule has 0 fully saturated rings. The van der Waals surface area contributed by atoms with Gasteiger partial charge in [0.05, 0.1) is 23.4 Å². The summed E-state index contributed by atoms with van der Waals surface area (Å²) in [4.78, 5) is 25.1. The van der Waals surface area contributed by atoms with Crippen molar-refractivity contribution < 1.29 is 35.5 Å². The van der Waals surface area contributed by atoms with Gasteiger partial charge in [-0.25, -0.2) is 42.2 Å². The maximum atomic E-state index is 15.4. The molecular weight excluding hydrogens is 592 g/mol. The molecule has 16 heteroatoms. The predicted octanol–water partition coefficient (Wildman–Crippen LogP) is 5.64. The number of anilines is 3. The maximum Gasteiger partial charge on any atom is 0.417 e. The molecule has 0 saturated carbocycles. The summed E-state index contributed by atoms with van der Waals surface area (Å²) in [6.45, 7) is 0. The SMILES string of the molecule is CNC(=O)N(c1ccc(S(=O)(=O)Nc2ncccn2)cn1)c1cc(F)c(-c2ccc(Cl)c(C(F)(F)F)c2)cc1OC. The Morgan fingerprint density at radius 1 is 1.05 bits per heavy atom. The molecular formula is C25H19ClF4N6O4S. The first kappa shape index (κ1) is 29.5. The summed E-state index contributed by atoms with van der Waals surface area (Å²) >= 11 is 5.69. The molecule has 2 N–H and O–H groups in total. The number of carbonyl (C=O) groups excluding carboxylic acids is 1. The van der Waals surface area contributed by atoms with Crippen molar-refractivity contribution in [1.29, 1.82) is 0 Å². The number of ether oxygens (including phenoxy) is 1. The summed E-state index contributed by atoms with van der Waals surface area (Å²) < 4.78 is 88.5. The van der Waals surface area contributed by atoms with Gasteiger partial charge in [0, 0.05) is 37.3 Å². The van der Waals surface area contributed by atoms with Crippen molar-refractivity contribution in [2.45, 2.75) is 11.1 Å². The molecule has 4 rings (SSSR count). The van der Waals surface area contributed by atoms with Crippen molar-refractivity contribution in [1.82, 2.24) is 20.3 Å². The first-order valence-corrected chi connectivity index (χ1v) is 13.2. The zero-order valence-corrected chi connectivity index (χ0v) is 22.6. The zero-order chi connectivity index (χ0) is 29.9. The van der Waals surface area contributed by atoms with Gasteiger partial charge in [-0.3, -0.25) is 0 Å². The topological polar surface area (TPSA) is 126 Å². The van der Waals surface area contributed by atoms with Crippen LogP contribution in [-0.2, 0) is 16.2 Å². The highest BCUT2D eigenvalue weighted by Crippen LogP contribution is 2.41. The number of hydrogen-bond acceptors (Lipinski definition) is 7. The van der Waals surface area contributed by atoms with Crippen molar-refractivity contribution >= 4 is 45.1 Å². The van der Waals surface area contributed by atoms with Gasteiger partial charge in [-0.2, -0.15) is 13.2 Å². The van der Waals surface area contributed by atoms with Crippen LogP contribution in [0.5, 0.6) is 5.75 Å². The van der Waals surface area contributed by atoms with Crippen LogP contribution in [0.4, 0.5) is 39.8 Å². The third-order valence-corrected chi connectivity index (χ3v) is 7.20. The Kier molecular flexibility index (Phi) is 8.30. The Bertz CT molecular complexity index is 1690. The number of amides is 2. The van der Waals surface area contributed by atoms with Crippen LogP contribution in [-0.4, -0.2) is 43.6 Å². The largest absolute Gasteiger partial charge is 0.495 e. The van der Waals surface area contributed by atoms with Gasteiger partial charge >= 0.3 is 12.2 Å². The van der Waals surface area contributed by atoms with E-state index in [2.05, 4.69) is 25.0 Å². The van der Waals surface area contributed by atoms with Crippen molar-refractivity contribution in [3.8, 4) is 16.9 Å². The molecule has 0 radical (unpaired) electrons. The molecule has 0 atom stereocenters. The van der Waals surface area contributed by atoms with Gasteiger partial charge in [0.2, 0.25) is 5.95 Å². The summed E-state index contributed by atoms with van der Waals surface area (Å²) in [7, 11) is -1.64. The highest BCUT2D eigenvalue weighted by Gasteiger charge is 2.34. The fourth-order valence-corrected chi connectivity index (χ4v) is 4.78. The smallest absolute Gasteiger partial charge is 0.417 e. The Balaban J connectivity index is 1.75. The molecule has 10 nitrogen and oxygen atoms in total. The second kappa shape index (κ2) is 11.5. The number of carbonyl (C=O) groups is 1. The Hall–Kier alpha value is -4.50. The molecule has 2 aromatic heterocycles. The van der Waals surface area contributed by atoms with Crippen molar-refractivity contribution in [3.05, 3.63) is 83.5 Å². The molecule has 0 aliphatic heterocycles. The molecule has 0 spiro atoms. The van der Waals surface area contributed by atoms with E-state index in [1.807, 2.05) is 0 Å². The van der Waals surface area contributed by atoms with E-state index < -0.39 is 38.6 Å². The molecule has 0 aliphatic rings. The first-order chi connectivity index (χ1) is 19.4. The number of nitrogens with zero attached hydrogens (tertiary/aromatic N) is 4. The van der Waals surface area contributed by atoms with E-state index >= 15 is 4.39 Å². The molecule has 214 valence electrons. The minimum absolute atomic E-state index is 0.102. The summed E-state index contributed by atoms with van der Waals surface area (Å²) in [5.41, 5.74) is -1.72. The molecule has 2 heterocycles. The second-order valence-electron chi connectivity index (χ2n) is 8.12. The predicted molar refractivity (Wildman–Crippen MR) is 142 cm³/mol. The number of rotatable bonds is 7. The highest BCUT2D eigenvalue weighted by molar-refractivity contribution is 7.92. The summed E-state index contributed by atoms with van der Waals surface area (Å²) in [6, 6.07) is 7.93. The molecule has 4 aromatic rings. The lowest BCUT2D eigenvalue weighted by atomic mass is 10.0. The fourth-order valence-electron chi connectivity index (χ4n) is 3.66. The fraction of sp³-hybridized carbons (Fsp3) is 0.120. The Morgan fingerprint density at radius 2 is 1.76 bits per heavy atom. The maximum absolute atomic E-state index is 15.4. The van der Waals surface area contributed by atoms with Gasteiger partial charge in [-0.05, 0) is 42.0 Å². The van der Waals surface area contributed by atoms with Crippen LogP contribution >= 0.6 is 11.6 Å². The van der Waals surface area contributed by atoms with Crippen LogP contribution in [0.3, 0.4) is 0 Å². The van der Waals surface area contributed by atoms with E-state index in [0.29, 0.717) is 6.07 Å². The number of hydrogen-bond donors (Lipinski definition) is 2. The minimum Gasteiger partial charge on any atom is -0.495 e. The van der Waals surface area contributed by atoms with Gasteiger partial charge < -0.3 is 10.1 Å². The quantitative estimate of drug-likeness (QED) is 0.259. The van der Waals surface area contributed by atoms with E-state index in [9.17, 15) is 26.4 Å². The minimum atomic E-state index is -4.78. The Morgan fingerprint density at radius 3 is 2.34 bits per heavy atom. The van der Waals surface area contributed by atoms with Crippen molar-refractivity contribution in [2.24, 2.45) is 0 Å². The number of halogens is 5. The molecule has 0 saturated heterocycles. The lowest BCUT2D eigenvalue weighted by Gasteiger charge is -2.24. The number of methoxy groups -OCH3 is 1. The number of pyridine rings is 1. The van der Waals surface area contributed by atoms with Crippen LogP contribution in [0.25, 0.3) is 11.1 Å². The van der Waals surface area contributed by atoms with Crippen molar-refractivity contribution in [2.75, 3.05) is 23.8 Å². The average Bonchev–Trinajstić information content (AvgIpc) is 2.93. The molecule has 2 amide bonds. The number of urea groups is 1. The van der Waals surface area contributed by atoms with E-state index in [0.717, 1.165) is 35.4 Å². The number of aromatic nitrogens is 3. The van der Waals surface area contributed by atoms with Gasteiger partial charge in [0.25, 0.3) is 10.0 Å². The van der Waals surface area contributed by atoms with Crippen LogP contribution in [0.2, 0.25) is 5.02 Å². The van der Waals surface area contributed by atoms with Crippen LogP contribution in [0.15, 0.2) is 72.0 Å². The van der Waals surface area contributed by atoms with E-state index in [1.54, 1.807) is 0 Å². The summed E-state index contributed by atoms with van der Waals surface area (Å²) in [5, 5.41) is 1.81. The van der Waals surface area contributed by atoms with Gasteiger partial charge in [-0.15, -0.1) is 0 Å². The molecule has 0 aliphatic carbocycles.